The molecule has 1 aliphatic rings. The molecule has 0 aromatic heterocycles. The van der Waals surface area contributed by atoms with Gasteiger partial charge < -0.3 is 4.74 Å². The molecule has 2 nitrogen and oxygen atoms in total. The Bertz CT molecular complexity index is 219. The van der Waals surface area contributed by atoms with Gasteiger partial charge in [-0.15, -0.1) is 0 Å². The first-order chi connectivity index (χ1) is 7.34. The zero-order valence-electron chi connectivity index (χ0n) is 9.76. The van der Waals surface area contributed by atoms with E-state index in [1.165, 1.54) is 45.6 Å². The number of hydrogen-bond donors (Lipinski definition) is 0. The molecule has 86 valence electrons. The summed E-state index contributed by atoms with van der Waals surface area (Å²) in [6.07, 6.45) is 12.9. The summed E-state index contributed by atoms with van der Waals surface area (Å²) < 4.78 is 4.78. The lowest BCUT2D eigenvalue weighted by molar-refractivity contribution is -0.136. The first-order valence-corrected chi connectivity index (χ1v) is 6.12. The highest BCUT2D eigenvalue weighted by Gasteiger charge is 2.09. The molecular formula is C13H22O2. The van der Waals surface area contributed by atoms with E-state index in [-0.39, 0.29) is 5.97 Å². The molecule has 0 fully saturated rings. The van der Waals surface area contributed by atoms with E-state index in [0.29, 0.717) is 0 Å². The van der Waals surface area contributed by atoms with Crippen molar-refractivity contribution in [2.24, 2.45) is 0 Å². The fraction of sp³-hybridized carbons (Fsp3) is 0.769. The lowest BCUT2D eigenvalue weighted by Gasteiger charge is -2.04. The summed E-state index contributed by atoms with van der Waals surface area (Å²) in [7, 11) is 1.47. The van der Waals surface area contributed by atoms with E-state index in [9.17, 15) is 4.79 Å². The average Bonchev–Trinajstić information content (AvgIpc) is 2.32. The van der Waals surface area contributed by atoms with Crippen molar-refractivity contribution in [3.63, 3.8) is 0 Å². The van der Waals surface area contributed by atoms with Crippen LogP contribution >= 0.6 is 0 Å². The van der Waals surface area contributed by atoms with Crippen LogP contribution in [-0.4, -0.2) is 13.1 Å². The van der Waals surface area contributed by atoms with Crippen LogP contribution < -0.4 is 0 Å². The van der Waals surface area contributed by atoms with E-state index >= 15 is 0 Å². The maximum Gasteiger partial charge on any atom is 0.333 e. The highest BCUT2D eigenvalue weighted by molar-refractivity contribution is 5.88. The van der Waals surface area contributed by atoms with Crippen LogP contribution in [0.1, 0.15) is 57.8 Å². The van der Waals surface area contributed by atoms with Crippen molar-refractivity contribution in [2.75, 3.05) is 7.11 Å². The van der Waals surface area contributed by atoms with Crippen molar-refractivity contribution < 1.29 is 9.53 Å². The zero-order chi connectivity index (χ0) is 10.9. The lowest BCUT2D eigenvalue weighted by atomic mass is 10.1. The van der Waals surface area contributed by atoms with Crippen molar-refractivity contribution in [3.8, 4) is 0 Å². The van der Waals surface area contributed by atoms with Gasteiger partial charge in [-0.2, -0.15) is 0 Å². The number of carbonyl (C=O) groups excluding carboxylic acids is 1. The average molecular weight is 210 g/mol. The van der Waals surface area contributed by atoms with Crippen molar-refractivity contribution in [1.29, 1.82) is 0 Å². The Kier molecular flexibility index (Phi) is 6.14. The third kappa shape index (κ3) is 5.01. The largest absolute Gasteiger partial charge is 0.466 e. The molecule has 0 aliphatic heterocycles. The maximum absolute atomic E-state index is 11.4. The molecule has 0 saturated carbocycles. The number of allylic oxidation sites excluding steroid dienone is 1. The molecule has 0 bridgehead atoms. The minimum Gasteiger partial charge on any atom is -0.466 e. The third-order valence-electron chi connectivity index (χ3n) is 2.99. The zero-order valence-corrected chi connectivity index (χ0v) is 9.76. The molecule has 0 unspecified atom stereocenters. The normalized spacial score (nSPS) is 23.4. The van der Waals surface area contributed by atoms with Gasteiger partial charge in [0.2, 0.25) is 0 Å². The molecule has 0 radical (unpaired) electrons. The van der Waals surface area contributed by atoms with E-state index in [1.54, 1.807) is 0 Å². The fourth-order valence-corrected chi connectivity index (χ4v) is 2.04. The van der Waals surface area contributed by atoms with Gasteiger partial charge in [0.05, 0.1) is 7.11 Å². The molecule has 1 aliphatic carbocycles. The second kappa shape index (κ2) is 7.49. The highest BCUT2D eigenvalue weighted by atomic mass is 16.5. The van der Waals surface area contributed by atoms with Gasteiger partial charge >= 0.3 is 5.97 Å². The minimum absolute atomic E-state index is 0.130. The van der Waals surface area contributed by atoms with E-state index < -0.39 is 0 Å². The van der Waals surface area contributed by atoms with Crippen molar-refractivity contribution in [1.82, 2.24) is 0 Å². The van der Waals surface area contributed by atoms with E-state index in [0.717, 1.165) is 24.8 Å². The molecule has 0 atom stereocenters. The molecule has 0 aromatic carbocycles. The van der Waals surface area contributed by atoms with Crippen molar-refractivity contribution in [2.45, 2.75) is 57.8 Å². The summed E-state index contributed by atoms with van der Waals surface area (Å²) in [4.78, 5) is 11.4. The van der Waals surface area contributed by atoms with Crippen molar-refractivity contribution in [3.05, 3.63) is 11.6 Å². The Hall–Kier alpha value is -0.790. The molecule has 0 N–H and O–H groups in total. The summed E-state index contributed by atoms with van der Waals surface area (Å²) in [6.45, 7) is 0. The highest BCUT2D eigenvalue weighted by Crippen LogP contribution is 2.17. The standard InChI is InChI=1S/C13H22O2/c1-15-13(14)12-10-8-6-4-2-3-5-7-9-11-12/h10H,2-9,11H2,1H3/b12-10+. The summed E-state index contributed by atoms with van der Waals surface area (Å²) in [6, 6.07) is 0. The third-order valence-corrected chi connectivity index (χ3v) is 2.99. The number of carbonyl (C=O) groups is 1. The minimum atomic E-state index is -0.130. The molecule has 15 heavy (non-hydrogen) atoms. The van der Waals surface area contributed by atoms with Crippen LogP contribution in [0.2, 0.25) is 0 Å². The van der Waals surface area contributed by atoms with Crippen LogP contribution in [-0.2, 0) is 9.53 Å². The number of methoxy groups -OCH3 is 1. The van der Waals surface area contributed by atoms with E-state index in [4.69, 9.17) is 4.74 Å². The topological polar surface area (TPSA) is 26.3 Å². The summed E-state index contributed by atoms with van der Waals surface area (Å²) in [5.74, 6) is -0.130. The first kappa shape index (κ1) is 12.3. The van der Waals surface area contributed by atoms with E-state index in [2.05, 4.69) is 6.08 Å². The van der Waals surface area contributed by atoms with Gasteiger partial charge in [0.25, 0.3) is 0 Å². The molecule has 2 heteroatoms. The van der Waals surface area contributed by atoms with Gasteiger partial charge in [0.1, 0.15) is 0 Å². The van der Waals surface area contributed by atoms with Crippen LogP contribution in [0.25, 0.3) is 0 Å². The smallest absolute Gasteiger partial charge is 0.333 e. The SMILES string of the molecule is COC(=O)/C1=C/CCCCCCCCC1. The maximum atomic E-state index is 11.4. The number of hydrogen-bond acceptors (Lipinski definition) is 2. The molecule has 0 aromatic rings. The van der Waals surface area contributed by atoms with Gasteiger partial charge in [-0.1, -0.05) is 38.2 Å². The quantitative estimate of drug-likeness (QED) is 0.618. The Morgan fingerprint density at radius 3 is 2.33 bits per heavy atom. The summed E-state index contributed by atoms with van der Waals surface area (Å²) >= 11 is 0. The number of rotatable bonds is 1. The van der Waals surface area contributed by atoms with Crippen LogP contribution in [0.15, 0.2) is 11.6 Å². The van der Waals surface area contributed by atoms with Gasteiger partial charge in [0.15, 0.2) is 0 Å². The van der Waals surface area contributed by atoms with Crippen LogP contribution in [0, 0.1) is 0 Å². The molecule has 1 rings (SSSR count). The fourth-order valence-electron chi connectivity index (χ4n) is 2.04. The predicted molar refractivity (Wildman–Crippen MR) is 61.7 cm³/mol. The second-order valence-electron chi connectivity index (χ2n) is 4.23. The predicted octanol–water partition coefficient (Wildman–Crippen LogP) is 3.61. The molecule has 0 spiro atoms. The summed E-state index contributed by atoms with van der Waals surface area (Å²) in [5, 5.41) is 0. The molecular weight excluding hydrogens is 188 g/mol. The second-order valence-corrected chi connectivity index (χ2v) is 4.23. The van der Waals surface area contributed by atoms with E-state index in [1.807, 2.05) is 0 Å². The Labute approximate surface area is 92.7 Å². The van der Waals surface area contributed by atoms with Gasteiger partial charge in [-0.05, 0) is 25.7 Å². The van der Waals surface area contributed by atoms with Crippen LogP contribution in [0.4, 0.5) is 0 Å². The molecule has 0 heterocycles. The number of ether oxygens (including phenoxy) is 1. The molecule has 0 amide bonds. The van der Waals surface area contributed by atoms with Gasteiger partial charge in [-0.3, -0.25) is 0 Å². The number of esters is 1. The van der Waals surface area contributed by atoms with Crippen molar-refractivity contribution >= 4 is 5.97 Å². The Balaban J connectivity index is 2.48. The lowest BCUT2D eigenvalue weighted by Crippen LogP contribution is -2.04. The van der Waals surface area contributed by atoms with Gasteiger partial charge in [0, 0.05) is 5.57 Å². The van der Waals surface area contributed by atoms with Crippen LogP contribution in [0.5, 0.6) is 0 Å². The van der Waals surface area contributed by atoms with Crippen LogP contribution in [0.3, 0.4) is 0 Å². The molecule has 0 saturated heterocycles. The first-order valence-electron chi connectivity index (χ1n) is 6.12. The summed E-state index contributed by atoms with van der Waals surface area (Å²) in [5.41, 5.74) is 0.888. The Morgan fingerprint density at radius 1 is 1.07 bits per heavy atom. The van der Waals surface area contributed by atoms with Gasteiger partial charge in [-0.25, -0.2) is 4.79 Å². The monoisotopic (exact) mass is 210 g/mol. The Morgan fingerprint density at radius 2 is 1.67 bits per heavy atom.